The van der Waals surface area contributed by atoms with Gasteiger partial charge in [0.05, 0.1) is 12.7 Å². The van der Waals surface area contributed by atoms with E-state index in [1.165, 1.54) is 18.4 Å². The molecule has 2 nitrogen and oxygen atoms in total. The van der Waals surface area contributed by atoms with Gasteiger partial charge in [0.15, 0.2) is 0 Å². The minimum Gasteiger partial charge on any atom is -0.377 e. The van der Waals surface area contributed by atoms with Crippen LogP contribution >= 0.6 is 0 Å². The monoisotopic (exact) mass is 183 g/mol. The van der Waals surface area contributed by atoms with Gasteiger partial charge >= 0.3 is 0 Å². The van der Waals surface area contributed by atoms with Crippen molar-refractivity contribution in [2.24, 2.45) is 0 Å². The third kappa shape index (κ3) is 4.44. The molecule has 0 N–H and O–H groups in total. The molecule has 1 saturated carbocycles. The minimum absolute atomic E-state index is 0.491. The fourth-order valence-corrected chi connectivity index (χ4v) is 1.57. The van der Waals surface area contributed by atoms with Crippen LogP contribution in [0.2, 0.25) is 0 Å². The lowest BCUT2D eigenvalue weighted by molar-refractivity contribution is 0.0280. The van der Waals surface area contributed by atoms with Crippen molar-refractivity contribution in [1.82, 2.24) is 4.90 Å². The van der Waals surface area contributed by atoms with Crippen molar-refractivity contribution in [2.45, 2.75) is 31.8 Å². The summed E-state index contributed by atoms with van der Waals surface area (Å²) in [7, 11) is 4.15. The van der Waals surface area contributed by atoms with E-state index < -0.39 is 0 Å². The van der Waals surface area contributed by atoms with Gasteiger partial charge in [0, 0.05) is 6.54 Å². The van der Waals surface area contributed by atoms with E-state index in [-0.39, 0.29) is 0 Å². The maximum atomic E-state index is 5.76. The first-order valence-electron chi connectivity index (χ1n) is 5.11. The van der Waals surface area contributed by atoms with E-state index in [0.717, 1.165) is 26.0 Å². The number of likely N-dealkylation sites (N-methyl/N-ethyl adjacent to an activating group) is 1. The second-order valence-corrected chi connectivity index (χ2v) is 4.12. The van der Waals surface area contributed by atoms with Gasteiger partial charge in [-0.25, -0.2) is 0 Å². The molecule has 0 unspecified atom stereocenters. The first-order valence-corrected chi connectivity index (χ1v) is 5.11. The molecule has 76 valence electrons. The Hall–Kier alpha value is -0.340. The zero-order valence-electron chi connectivity index (χ0n) is 8.88. The van der Waals surface area contributed by atoms with E-state index in [9.17, 15) is 0 Å². The summed E-state index contributed by atoms with van der Waals surface area (Å²) in [6.07, 6.45) is 5.16. The van der Waals surface area contributed by atoms with E-state index in [0.29, 0.717) is 6.10 Å². The Bertz CT molecular complexity index is 155. The molecule has 1 aliphatic rings. The second kappa shape index (κ2) is 5.40. The lowest BCUT2D eigenvalue weighted by atomic mass is 9.94. The van der Waals surface area contributed by atoms with E-state index >= 15 is 0 Å². The van der Waals surface area contributed by atoms with Crippen LogP contribution in [0, 0.1) is 0 Å². The van der Waals surface area contributed by atoms with Crippen LogP contribution in [0.3, 0.4) is 0 Å². The Morgan fingerprint density at radius 2 is 2.00 bits per heavy atom. The van der Waals surface area contributed by atoms with Gasteiger partial charge in [-0.2, -0.15) is 0 Å². The van der Waals surface area contributed by atoms with Crippen LogP contribution < -0.4 is 0 Å². The van der Waals surface area contributed by atoms with E-state index in [1.807, 2.05) is 0 Å². The van der Waals surface area contributed by atoms with Crippen molar-refractivity contribution in [2.75, 3.05) is 27.2 Å². The number of nitrogens with zero attached hydrogens (tertiary/aromatic N) is 1. The van der Waals surface area contributed by atoms with Gasteiger partial charge in [-0.15, -0.1) is 0 Å². The van der Waals surface area contributed by atoms with Gasteiger partial charge < -0.3 is 9.64 Å². The van der Waals surface area contributed by atoms with Crippen LogP contribution in [0.5, 0.6) is 0 Å². The van der Waals surface area contributed by atoms with Gasteiger partial charge in [-0.3, -0.25) is 0 Å². The van der Waals surface area contributed by atoms with Crippen molar-refractivity contribution in [3.8, 4) is 0 Å². The van der Waals surface area contributed by atoms with Crippen LogP contribution in [0.25, 0.3) is 0 Å². The van der Waals surface area contributed by atoms with Crippen molar-refractivity contribution in [1.29, 1.82) is 0 Å². The SMILES string of the molecule is C=C1CCC(OCCN(C)C)CC1. The minimum atomic E-state index is 0.491. The van der Waals surface area contributed by atoms with Crippen molar-refractivity contribution in [3.63, 3.8) is 0 Å². The van der Waals surface area contributed by atoms with E-state index in [2.05, 4.69) is 25.6 Å². The fraction of sp³-hybridized carbons (Fsp3) is 0.818. The van der Waals surface area contributed by atoms with Crippen LogP contribution in [0.4, 0.5) is 0 Å². The fourth-order valence-electron chi connectivity index (χ4n) is 1.57. The van der Waals surface area contributed by atoms with Gasteiger partial charge in [0.2, 0.25) is 0 Å². The molecule has 0 bridgehead atoms. The maximum absolute atomic E-state index is 5.76. The number of rotatable bonds is 4. The van der Waals surface area contributed by atoms with Crippen LogP contribution in [0.15, 0.2) is 12.2 Å². The standard InChI is InChI=1S/C11H21NO/c1-10-4-6-11(7-5-10)13-9-8-12(2)3/h11H,1,4-9H2,2-3H3. The Kier molecular flexibility index (Phi) is 4.46. The summed E-state index contributed by atoms with van der Waals surface area (Å²) in [5, 5.41) is 0. The van der Waals surface area contributed by atoms with Crippen molar-refractivity contribution >= 4 is 0 Å². The van der Waals surface area contributed by atoms with Crippen molar-refractivity contribution in [3.05, 3.63) is 12.2 Å². The molecule has 0 atom stereocenters. The van der Waals surface area contributed by atoms with E-state index in [4.69, 9.17) is 4.74 Å². The summed E-state index contributed by atoms with van der Waals surface area (Å²) in [5.41, 5.74) is 1.40. The number of allylic oxidation sites excluding steroid dienone is 1. The second-order valence-electron chi connectivity index (χ2n) is 4.12. The average molecular weight is 183 g/mol. The Morgan fingerprint density at radius 3 is 2.54 bits per heavy atom. The molecule has 0 amide bonds. The largest absolute Gasteiger partial charge is 0.377 e. The molecular formula is C11H21NO. The molecule has 0 radical (unpaired) electrons. The highest BCUT2D eigenvalue weighted by Crippen LogP contribution is 2.23. The maximum Gasteiger partial charge on any atom is 0.0596 e. The zero-order chi connectivity index (χ0) is 9.68. The van der Waals surface area contributed by atoms with Crippen LogP contribution in [-0.2, 0) is 4.74 Å². The predicted octanol–water partition coefficient (Wildman–Crippen LogP) is 2.06. The molecule has 0 aromatic carbocycles. The number of ether oxygens (including phenoxy) is 1. The molecule has 2 heteroatoms. The summed E-state index contributed by atoms with van der Waals surface area (Å²) >= 11 is 0. The molecule has 1 rings (SSSR count). The molecule has 1 fully saturated rings. The molecule has 0 aromatic rings. The summed E-state index contributed by atoms with van der Waals surface area (Å²) in [5.74, 6) is 0. The molecule has 0 heterocycles. The van der Waals surface area contributed by atoms with Gasteiger partial charge in [-0.1, -0.05) is 12.2 Å². The third-order valence-corrected chi connectivity index (χ3v) is 2.53. The summed E-state index contributed by atoms with van der Waals surface area (Å²) in [6, 6.07) is 0. The lowest BCUT2D eigenvalue weighted by Gasteiger charge is -2.24. The van der Waals surface area contributed by atoms with Crippen LogP contribution in [-0.4, -0.2) is 38.3 Å². The molecule has 0 aliphatic heterocycles. The molecule has 0 saturated heterocycles. The quantitative estimate of drug-likeness (QED) is 0.619. The molecule has 0 spiro atoms. The molecule has 0 aromatic heterocycles. The lowest BCUT2D eigenvalue weighted by Crippen LogP contribution is -2.24. The van der Waals surface area contributed by atoms with Gasteiger partial charge in [0.1, 0.15) is 0 Å². The summed E-state index contributed by atoms with van der Waals surface area (Å²) < 4.78 is 5.76. The van der Waals surface area contributed by atoms with Gasteiger partial charge in [0.25, 0.3) is 0 Å². The number of hydrogen-bond acceptors (Lipinski definition) is 2. The highest BCUT2D eigenvalue weighted by Gasteiger charge is 2.15. The third-order valence-electron chi connectivity index (χ3n) is 2.53. The average Bonchev–Trinajstić information content (AvgIpc) is 2.08. The summed E-state index contributed by atoms with van der Waals surface area (Å²) in [6.45, 7) is 5.88. The first-order chi connectivity index (χ1) is 6.18. The highest BCUT2D eigenvalue weighted by atomic mass is 16.5. The van der Waals surface area contributed by atoms with Crippen molar-refractivity contribution < 1.29 is 4.74 Å². The van der Waals surface area contributed by atoms with Gasteiger partial charge in [-0.05, 0) is 39.8 Å². The Labute approximate surface area is 81.6 Å². The predicted molar refractivity (Wildman–Crippen MR) is 55.9 cm³/mol. The molecule has 1 aliphatic carbocycles. The van der Waals surface area contributed by atoms with E-state index in [1.54, 1.807) is 0 Å². The number of hydrogen-bond donors (Lipinski definition) is 0. The Morgan fingerprint density at radius 1 is 1.38 bits per heavy atom. The highest BCUT2D eigenvalue weighted by molar-refractivity contribution is 4.98. The topological polar surface area (TPSA) is 12.5 Å². The zero-order valence-corrected chi connectivity index (χ0v) is 8.88. The summed E-state index contributed by atoms with van der Waals surface area (Å²) in [4.78, 5) is 2.15. The Balaban J connectivity index is 2.05. The first kappa shape index (κ1) is 10.7. The normalized spacial score (nSPS) is 19.8. The van der Waals surface area contributed by atoms with Crippen LogP contribution in [0.1, 0.15) is 25.7 Å². The molecule has 13 heavy (non-hydrogen) atoms. The smallest absolute Gasteiger partial charge is 0.0596 e. The molecular weight excluding hydrogens is 162 g/mol.